The Labute approximate surface area is 87.7 Å². The number of nitrogens with zero attached hydrogens (tertiary/aromatic N) is 1. The van der Waals surface area contributed by atoms with Crippen molar-refractivity contribution in [3.8, 4) is 6.07 Å². The van der Waals surface area contributed by atoms with Gasteiger partial charge in [0.2, 0.25) is 0 Å². The van der Waals surface area contributed by atoms with E-state index in [4.69, 9.17) is 16.9 Å². The molecule has 1 aromatic carbocycles. The van der Waals surface area contributed by atoms with Gasteiger partial charge in [-0.25, -0.2) is 0 Å². The summed E-state index contributed by atoms with van der Waals surface area (Å²) in [6, 6.07) is 9.84. The first-order valence-corrected chi connectivity index (χ1v) is 5.27. The first-order valence-electron chi connectivity index (χ1n) is 4.01. The van der Waals surface area contributed by atoms with Crippen LogP contribution in [0.25, 0.3) is 0 Å². The van der Waals surface area contributed by atoms with Gasteiger partial charge < -0.3 is 0 Å². The molecule has 1 nitrogen and oxygen atoms in total. The van der Waals surface area contributed by atoms with Gasteiger partial charge in [-0.3, -0.25) is 0 Å². The maximum absolute atomic E-state index is 8.48. The molecule has 1 rings (SSSR count). The van der Waals surface area contributed by atoms with Crippen LogP contribution < -0.4 is 0 Å². The average Bonchev–Trinajstić information content (AvgIpc) is 2.04. The van der Waals surface area contributed by atoms with Crippen molar-refractivity contribution < 1.29 is 0 Å². The molecule has 0 N–H and O–H groups in total. The molecule has 0 aliphatic carbocycles. The summed E-state index contributed by atoms with van der Waals surface area (Å²) < 4.78 is 0. The van der Waals surface area contributed by atoms with E-state index >= 15 is 0 Å². The Hall–Kier alpha value is -0.650. The Morgan fingerprint density at radius 3 is 3.00 bits per heavy atom. The van der Waals surface area contributed by atoms with E-state index in [1.807, 2.05) is 31.2 Å². The van der Waals surface area contributed by atoms with Gasteiger partial charge in [0.1, 0.15) is 0 Å². The van der Waals surface area contributed by atoms with Crippen molar-refractivity contribution in [1.29, 1.82) is 5.26 Å². The maximum atomic E-state index is 8.48. The second-order valence-electron chi connectivity index (χ2n) is 2.75. The molecule has 1 unspecified atom stereocenters. The summed E-state index contributed by atoms with van der Waals surface area (Å²) in [5, 5.41) is 9.55. The molecular weight excluding hydrogens is 202 g/mol. The van der Waals surface area contributed by atoms with Crippen molar-refractivity contribution in [3.05, 3.63) is 29.3 Å². The van der Waals surface area contributed by atoms with Crippen molar-refractivity contribution in [2.45, 2.75) is 23.5 Å². The lowest BCUT2D eigenvalue weighted by Gasteiger charge is -2.06. The van der Waals surface area contributed by atoms with E-state index in [0.717, 1.165) is 9.92 Å². The van der Waals surface area contributed by atoms with Gasteiger partial charge in [0.05, 0.1) is 6.07 Å². The summed E-state index contributed by atoms with van der Waals surface area (Å²) in [4.78, 5) is 1.12. The zero-order valence-electron chi connectivity index (χ0n) is 7.33. The second-order valence-corrected chi connectivity index (χ2v) is 4.70. The molecule has 13 heavy (non-hydrogen) atoms. The average molecular weight is 212 g/mol. The number of hydrogen-bond donors (Lipinski definition) is 0. The molecular formula is C10H10ClNS. The number of hydrogen-bond acceptors (Lipinski definition) is 2. The van der Waals surface area contributed by atoms with E-state index in [0.29, 0.717) is 11.7 Å². The van der Waals surface area contributed by atoms with Crippen molar-refractivity contribution >= 4 is 23.4 Å². The molecule has 0 heterocycles. The summed E-state index contributed by atoms with van der Waals surface area (Å²) in [5.41, 5.74) is 0. The molecule has 0 saturated heterocycles. The Balaban J connectivity index is 2.59. The fraction of sp³-hybridized carbons (Fsp3) is 0.300. The van der Waals surface area contributed by atoms with Gasteiger partial charge in [-0.15, -0.1) is 11.8 Å². The van der Waals surface area contributed by atoms with Crippen molar-refractivity contribution in [1.82, 2.24) is 0 Å². The summed E-state index contributed by atoms with van der Waals surface area (Å²) in [5.74, 6) is 0. The molecule has 0 saturated carbocycles. The topological polar surface area (TPSA) is 23.8 Å². The summed E-state index contributed by atoms with van der Waals surface area (Å²) in [6.07, 6.45) is 0.567. The third kappa shape index (κ3) is 3.71. The van der Waals surface area contributed by atoms with E-state index in [-0.39, 0.29) is 0 Å². The lowest BCUT2D eigenvalue weighted by molar-refractivity contribution is 0.989. The van der Waals surface area contributed by atoms with E-state index in [1.54, 1.807) is 11.8 Å². The van der Waals surface area contributed by atoms with Crippen LogP contribution in [0.2, 0.25) is 5.02 Å². The van der Waals surface area contributed by atoms with Crippen LogP contribution in [0.3, 0.4) is 0 Å². The standard InChI is InChI=1S/C10H10ClNS/c1-8(5-6-12)13-10-4-2-3-9(11)7-10/h2-4,7-8H,5H2,1H3. The summed E-state index contributed by atoms with van der Waals surface area (Å²) >= 11 is 7.50. The van der Waals surface area contributed by atoms with Gasteiger partial charge >= 0.3 is 0 Å². The van der Waals surface area contributed by atoms with Crippen LogP contribution in [-0.4, -0.2) is 5.25 Å². The minimum Gasteiger partial charge on any atom is -0.198 e. The van der Waals surface area contributed by atoms with Crippen LogP contribution in [-0.2, 0) is 0 Å². The van der Waals surface area contributed by atoms with Crippen molar-refractivity contribution in [3.63, 3.8) is 0 Å². The van der Waals surface area contributed by atoms with Gasteiger partial charge in [0.25, 0.3) is 0 Å². The zero-order chi connectivity index (χ0) is 9.68. The van der Waals surface area contributed by atoms with E-state index in [1.165, 1.54) is 0 Å². The van der Waals surface area contributed by atoms with Gasteiger partial charge in [-0.1, -0.05) is 24.6 Å². The first-order chi connectivity index (χ1) is 6.22. The fourth-order valence-corrected chi connectivity index (χ4v) is 2.17. The maximum Gasteiger partial charge on any atom is 0.0633 e. The summed E-state index contributed by atoms with van der Waals surface area (Å²) in [6.45, 7) is 2.04. The molecule has 0 aliphatic heterocycles. The van der Waals surface area contributed by atoms with E-state index < -0.39 is 0 Å². The van der Waals surface area contributed by atoms with E-state index in [2.05, 4.69) is 6.07 Å². The molecule has 1 aromatic rings. The minimum absolute atomic E-state index is 0.323. The third-order valence-electron chi connectivity index (χ3n) is 1.51. The smallest absolute Gasteiger partial charge is 0.0633 e. The molecule has 3 heteroatoms. The highest BCUT2D eigenvalue weighted by Crippen LogP contribution is 2.26. The fourth-order valence-electron chi connectivity index (χ4n) is 0.943. The van der Waals surface area contributed by atoms with Crippen molar-refractivity contribution in [2.75, 3.05) is 0 Å². The number of benzene rings is 1. The number of nitriles is 1. The Morgan fingerprint density at radius 1 is 1.62 bits per heavy atom. The minimum atomic E-state index is 0.323. The van der Waals surface area contributed by atoms with Gasteiger partial charge in [0, 0.05) is 21.6 Å². The largest absolute Gasteiger partial charge is 0.198 e. The van der Waals surface area contributed by atoms with Crippen LogP contribution in [0.5, 0.6) is 0 Å². The normalized spacial score (nSPS) is 12.1. The molecule has 0 fully saturated rings. The highest BCUT2D eigenvalue weighted by atomic mass is 35.5. The molecule has 1 atom stereocenters. The molecule has 0 aliphatic rings. The van der Waals surface area contributed by atoms with E-state index in [9.17, 15) is 0 Å². The lowest BCUT2D eigenvalue weighted by Crippen LogP contribution is -1.92. The number of halogens is 1. The molecule has 68 valence electrons. The Kier molecular flexibility index (Phi) is 4.14. The van der Waals surface area contributed by atoms with Crippen LogP contribution in [0.1, 0.15) is 13.3 Å². The van der Waals surface area contributed by atoms with Crippen LogP contribution in [0, 0.1) is 11.3 Å². The van der Waals surface area contributed by atoms with Gasteiger partial charge in [-0.2, -0.15) is 5.26 Å². The lowest BCUT2D eigenvalue weighted by atomic mass is 10.4. The van der Waals surface area contributed by atoms with Crippen molar-refractivity contribution in [2.24, 2.45) is 0 Å². The van der Waals surface area contributed by atoms with Gasteiger partial charge in [0.15, 0.2) is 0 Å². The van der Waals surface area contributed by atoms with Crippen LogP contribution in [0.4, 0.5) is 0 Å². The SMILES string of the molecule is CC(CC#N)Sc1cccc(Cl)c1. The summed E-state index contributed by atoms with van der Waals surface area (Å²) in [7, 11) is 0. The predicted octanol–water partition coefficient (Wildman–Crippen LogP) is 3.73. The monoisotopic (exact) mass is 211 g/mol. The highest BCUT2D eigenvalue weighted by molar-refractivity contribution is 8.00. The van der Waals surface area contributed by atoms with Crippen LogP contribution >= 0.6 is 23.4 Å². The third-order valence-corrected chi connectivity index (χ3v) is 2.84. The molecule has 0 amide bonds. The zero-order valence-corrected chi connectivity index (χ0v) is 8.90. The molecule has 0 radical (unpaired) electrons. The quantitative estimate of drug-likeness (QED) is 0.712. The van der Waals surface area contributed by atoms with Gasteiger partial charge in [-0.05, 0) is 18.2 Å². The Morgan fingerprint density at radius 2 is 2.38 bits per heavy atom. The molecule has 0 bridgehead atoms. The second kappa shape index (κ2) is 5.16. The highest BCUT2D eigenvalue weighted by Gasteiger charge is 2.03. The van der Waals surface area contributed by atoms with Crippen LogP contribution in [0.15, 0.2) is 29.2 Å². The Bertz CT molecular complexity index is 319. The number of rotatable bonds is 3. The predicted molar refractivity (Wildman–Crippen MR) is 57.0 cm³/mol. The number of thioether (sulfide) groups is 1. The molecule has 0 spiro atoms. The first kappa shape index (κ1) is 10.4. The molecule has 0 aromatic heterocycles.